The number of anilines is 1. The van der Waals surface area contributed by atoms with Gasteiger partial charge in [-0.15, -0.1) is 13.2 Å². The van der Waals surface area contributed by atoms with Crippen molar-refractivity contribution in [2.24, 2.45) is 0 Å². The molecule has 0 saturated carbocycles. The van der Waals surface area contributed by atoms with Gasteiger partial charge in [0.25, 0.3) is 6.43 Å². The minimum absolute atomic E-state index is 0.538. The van der Waals surface area contributed by atoms with Crippen molar-refractivity contribution in [3.63, 3.8) is 0 Å². The highest BCUT2D eigenvalue weighted by Crippen LogP contribution is 2.36. The normalized spacial score (nSPS) is 11.9. The van der Waals surface area contributed by atoms with E-state index in [2.05, 4.69) is 4.74 Å². The highest BCUT2D eigenvalue weighted by Gasteiger charge is 2.32. The lowest BCUT2D eigenvalue weighted by Crippen LogP contribution is -2.18. The Balaban J connectivity index is 3.11. The van der Waals surface area contributed by atoms with Crippen LogP contribution in [0.1, 0.15) is 12.0 Å². The molecule has 0 aliphatic heterocycles. The van der Waals surface area contributed by atoms with Crippen molar-refractivity contribution in [2.45, 2.75) is 12.8 Å². The summed E-state index contributed by atoms with van der Waals surface area (Å²) in [7, 11) is 0. The molecule has 2 N–H and O–H groups in total. The molecule has 1 aromatic carbocycles. The summed E-state index contributed by atoms with van der Waals surface area (Å²) in [5.41, 5.74) is 3.92. The fraction of sp³-hybridized carbons (Fsp3) is 0.250. The molecule has 90 valence electrons. The van der Waals surface area contributed by atoms with Gasteiger partial charge in [0.05, 0.1) is 10.7 Å². The Bertz CT molecular complexity index is 393. The minimum atomic E-state index is -4.95. The van der Waals surface area contributed by atoms with E-state index < -0.39 is 34.8 Å². The molecule has 0 aliphatic carbocycles. The molecule has 8 heteroatoms. The average molecular weight is 262 g/mol. The van der Waals surface area contributed by atoms with Crippen molar-refractivity contribution < 1.29 is 26.7 Å². The molecular formula is C8H5ClF5NO. The number of hydrogen-bond acceptors (Lipinski definition) is 2. The Hall–Kier alpha value is -1.24. The third-order valence-electron chi connectivity index (χ3n) is 1.59. The predicted molar refractivity (Wildman–Crippen MR) is 47.5 cm³/mol. The number of nitrogens with two attached hydrogens (primary N) is 1. The van der Waals surface area contributed by atoms with Crippen molar-refractivity contribution >= 4 is 17.3 Å². The maximum absolute atomic E-state index is 12.3. The summed E-state index contributed by atoms with van der Waals surface area (Å²) in [6.45, 7) is 0. The fourth-order valence-electron chi connectivity index (χ4n) is 0.970. The summed E-state index contributed by atoms with van der Waals surface area (Å²) in [6.07, 6.45) is -7.88. The van der Waals surface area contributed by atoms with Gasteiger partial charge in [0.15, 0.2) is 5.75 Å². The zero-order valence-corrected chi connectivity index (χ0v) is 8.24. The van der Waals surface area contributed by atoms with Gasteiger partial charge < -0.3 is 10.5 Å². The van der Waals surface area contributed by atoms with Gasteiger partial charge >= 0.3 is 6.36 Å². The molecule has 0 unspecified atom stereocenters. The van der Waals surface area contributed by atoms with E-state index >= 15 is 0 Å². The highest BCUT2D eigenvalue weighted by atomic mass is 35.5. The van der Waals surface area contributed by atoms with E-state index in [9.17, 15) is 22.0 Å². The summed E-state index contributed by atoms with van der Waals surface area (Å²) < 4.78 is 63.6. The summed E-state index contributed by atoms with van der Waals surface area (Å²) >= 11 is 5.34. The van der Waals surface area contributed by atoms with Gasteiger partial charge in [-0.3, -0.25) is 0 Å². The second kappa shape index (κ2) is 4.32. The Morgan fingerprint density at radius 3 is 2.25 bits per heavy atom. The van der Waals surface area contributed by atoms with E-state index in [4.69, 9.17) is 17.3 Å². The van der Waals surface area contributed by atoms with E-state index in [1.807, 2.05) is 0 Å². The van der Waals surface area contributed by atoms with E-state index in [0.29, 0.717) is 12.1 Å². The largest absolute Gasteiger partial charge is 0.573 e. The zero-order valence-electron chi connectivity index (χ0n) is 7.49. The first-order valence-corrected chi connectivity index (χ1v) is 4.21. The van der Waals surface area contributed by atoms with Crippen molar-refractivity contribution in [3.05, 3.63) is 22.7 Å². The SMILES string of the molecule is Nc1cc(C(F)F)c(Cl)cc1OC(F)(F)F. The van der Waals surface area contributed by atoms with E-state index in [1.165, 1.54) is 0 Å². The van der Waals surface area contributed by atoms with Gasteiger partial charge in [-0.1, -0.05) is 11.6 Å². The molecular weight excluding hydrogens is 257 g/mol. The molecule has 0 atom stereocenters. The molecule has 0 amide bonds. The first-order valence-electron chi connectivity index (χ1n) is 3.83. The van der Waals surface area contributed by atoms with Crippen LogP contribution >= 0.6 is 11.6 Å². The summed E-state index contributed by atoms with van der Waals surface area (Å²) in [6, 6.07) is 1.25. The number of halogens is 6. The average Bonchev–Trinajstić information content (AvgIpc) is 2.07. The number of alkyl halides is 5. The number of rotatable bonds is 2. The van der Waals surface area contributed by atoms with Crippen LogP contribution in [0.5, 0.6) is 5.75 Å². The molecule has 0 saturated heterocycles. The lowest BCUT2D eigenvalue weighted by Gasteiger charge is -2.13. The standard InChI is InChI=1S/C8H5ClF5NO/c9-4-2-6(16-8(12,13)14)5(15)1-3(4)7(10)11/h1-2,7H,15H2. The molecule has 0 spiro atoms. The van der Waals surface area contributed by atoms with Gasteiger partial charge in [-0.05, 0) is 6.07 Å². The van der Waals surface area contributed by atoms with Crippen LogP contribution in [-0.4, -0.2) is 6.36 Å². The van der Waals surface area contributed by atoms with Crippen LogP contribution in [-0.2, 0) is 0 Å². The smallest absolute Gasteiger partial charge is 0.404 e. The molecule has 0 aliphatic rings. The topological polar surface area (TPSA) is 35.2 Å². The minimum Gasteiger partial charge on any atom is -0.404 e. The van der Waals surface area contributed by atoms with Gasteiger partial charge in [0.2, 0.25) is 0 Å². The molecule has 1 aromatic rings. The van der Waals surface area contributed by atoms with Crippen LogP contribution in [0.4, 0.5) is 27.6 Å². The number of nitrogen functional groups attached to an aromatic ring is 1. The first kappa shape index (κ1) is 12.8. The van der Waals surface area contributed by atoms with Crippen LogP contribution in [0.2, 0.25) is 5.02 Å². The number of benzene rings is 1. The Kier molecular flexibility index (Phi) is 3.47. The third kappa shape index (κ3) is 3.13. The molecule has 2 nitrogen and oxygen atoms in total. The molecule has 0 fully saturated rings. The van der Waals surface area contributed by atoms with Gasteiger partial charge in [-0.25, -0.2) is 8.78 Å². The van der Waals surface area contributed by atoms with Crippen LogP contribution in [0.25, 0.3) is 0 Å². The van der Waals surface area contributed by atoms with Crippen LogP contribution < -0.4 is 10.5 Å². The Morgan fingerprint density at radius 1 is 1.25 bits per heavy atom. The van der Waals surface area contributed by atoms with Crippen molar-refractivity contribution in [2.75, 3.05) is 5.73 Å². The van der Waals surface area contributed by atoms with Crippen molar-refractivity contribution in [1.82, 2.24) is 0 Å². The molecule has 0 heterocycles. The quantitative estimate of drug-likeness (QED) is 0.650. The summed E-state index contributed by atoms with van der Waals surface area (Å²) in [5.74, 6) is -0.804. The third-order valence-corrected chi connectivity index (χ3v) is 1.92. The van der Waals surface area contributed by atoms with Crippen molar-refractivity contribution in [1.29, 1.82) is 0 Å². The second-order valence-electron chi connectivity index (χ2n) is 2.76. The lowest BCUT2D eigenvalue weighted by molar-refractivity contribution is -0.274. The predicted octanol–water partition coefficient (Wildman–Crippen LogP) is 3.76. The van der Waals surface area contributed by atoms with Gasteiger partial charge in [0, 0.05) is 11.6 Å². The number of hydrogen-bond donors (Lipinski definition) is 1. The van der Waals surface area contributed by atoms with E-state index in [0.717, 1.165) is 0 Å². The fourth-order valence-corrected chi connectivity index (χ4v) is 1.21. The monoisotopic (exact) mass is 261 g/mol. The molecule has 0 radical (unpaired) electrons. The van der Waals surface area contributed by atoms with E-state index in [-0.39, 0.29) is 0 Å². The van der Waals surface area contributed by atoms with Crippen LogP contribution in [0.15, 0.2) is 12.1 Å². The van der Waals surface area contributed by atoms with Crippen molar-refractivity contribution in [3.8, 4) is 5.75 Å². The molecule has 1 rings (SSSR count). The molecule has 0 bridgehead atoms. The van der Waals surface area contributed by atoms with Crippen LogP contribution in [0.3, 0.4) is 0 Å². The maximum atomic E-state index is 12.3. The molecule has 0 aromatic heterocycles. The zero-order chi connectivity index (χ0) is 12.5. The first-order chi connectivity index (χ1) is 7.20. The van der Waals surface area contributed by atoms with E-state index in [1.54, 1.807) is 0 Å². The maximum Gasteiger partial charge on any atom is 0.573 e. The van der Waals surface area contributed by atoms with Crippen LogP contribution in [0, 0.1) is 0 Å². The Labute approximate surface area is 91.7 Å². The summed E-state index contributed by atoms with van der Waals surface area (Å²) in [5, 5.41) is -0.538. The van der Waals surface area contributed by atoms with Gasteiger partial charge in [-0.2, -0.15) is 0 Å². The molecule has 16 heavy (non-hydrogen) atoms. The highest BCUT2D eigenvalue weighted by molar-refractivity contribution is 6.31. The Morgan fingerprint density at radius 2 is 1.81 bits per heavy atom. The van der Waals surface area contributed by atoms with Gasteiger partial charge in [0.1, 0.15) is 0 Å². The summed E-state index contributed by atoms with van der Waals surface area (Å²) in [4.78, 5) is 0. The second-order valence-corrected chi connectivity index (χ2v) is 3.17. The number of ether oxygens (including phenoxy) is 1. The lowest BCUT2D eigenvalue weighted by atomic mass is 10.2.